The molecule has 0 aliphatic carbocycles. The molecule has 6 heteroatoms. The highest BCUT2D eigenvalue weighted by Gasteiger charge is 2.22. The zero-order valence-corrected chi connectivity index (χ0v) is 16.6. The van der Waals surface area contributed by atoms with E-state index in [1.807, 2.05) is 43.3 Å². The lowest BCUT2D eigenvalue weighted by Gasteiger charge is -2.36. The minimum absolute atomic E-state index is 0.106. The minimum Gasteiger partial charge on any atom is -0.368 e. The van der Waals surface area contributed by atoms with E-state index in [0.717, 1.165) is 31.9 Å². The van der Waals surface area contributed by atoms with Gasteiger partial charge in [-0.3, -0.25) is 4.79 Å². The Morgan fingerprint density at radius 1 is 0.897 bits per heavy atom. The quantitative estimate of drug-likeness (QED) is 0.671. The third-order valence-corrected chi connectivity index (χ3v) is 5.18. The Morgan fingerprint density at radius 2 is 1.52 bits per heavy atom. The molecular weight excluding hydrogens is 362 g/mol. The van der Waals surface area contributed by atoms with Crippen molar-refractivity contribution >= 4 is 23.2 Å². The fourth-order valence-electron chi connectivity index (χ4n) is 3.61. The Balaban J connectivity index is 1.47. The van der Waals surface area contributed by atoms with Crippen LogP contribution in [-0.4, -0.2) is 48.6 Å². The average molecular weight is 387 g/mol. The van der Waals surface area contributed by atoms with Gasteiger partial charge in [0.25, 0.3) is 5.91 Å². The topological polar surface area (TPSA) is 52.6 Å². The predicted octanol–water partition coefficient (Wildman–Crippen LogP) is 3.47. The van der Waals surface area contributed by atoms with Crippen LogP contribution < -0.4 is 14.7 Å². The van der Waals surface area contributed by atoms with Crippen molar-refractivity contribution in [2.24, 2.45) is 0 Å². The summed E-state index contributed by atoms with van der Waals surface area (Å²) in [4.78, 5) is 28.3. The molecule has 1 aliphatic heterocycles. The Hall–Kier alpha value is -3.41. The molecule has 0 radical (unpaired) electrons. The molecule has 4 rings (SSSR count). The number of benzene rings is 2. The van der Waals surface area contributed by atoms with E-state index in [1.165, 1.54) is 5.69 Å². The van der Waals surface area contributed by atoms with Crippen LogP contribution in [0.3, 0.4) is 0 Å². The third-order valence-electron chi connectivity index (χ3n) is 5.18. The molecule has 0 N–H and O–H groups in total. The van der Waals surface area contributed by atoms with Crippen molar-refractivity contribution in [1.29, 1.82) is 0 Å². The van der Waals surface area contributed by atoms with Crippen molar-refractivity contribution in [3.8, 4) is 0 Å². The standard InChI is InChI=1S/C23H25N5O/c1-2-28(20-11-7-4-8-12-20)22(29)21-13-14-24-23(25-21)27-17-15-26(16-18-27)19-9-5-3-6-10-19/h3-14H,2,15-18H2,1H3. The monoisotopic (exact) mass is 387 g/mol. The van der Waals surface area contributed by atoms with Crippen LogP contribution in [0.4, 0.5) is 17.3 Å². The van der Waals surface area contributed by atoms with E-state index in [4.69, 9.17) is 0 Å². The molecule has 0 spiro atoms. The smallest absolute Gasteiger partial charge is 0.277 e. The molecule has 2 aromatic carbocycles. The molecule has 2 heterocycles. The lowest BCUT2D eigenvalue weighted by Crippen LogP contribution is -2.47. The van der Waals surface area contributed by atoms with Crippen LogP contribution in [0.25, 0.3) is 0 Å². The van der Waals surface area contributed by atoms with Gasteiger partial charge in [-0.05, 0) is 37.3 Å². The second-order valence-electron chi connectivity index (χ2n) is 6.94. The summed E-state index contributed by atoms with van der Waals surface area (Å²) in [7, 11) is 0. The highest BCUT2D eigenvalue weighted by atomic mass is 16.2. The highest BCUT2D eigenvalue weighted by Crippen LogP contribution is 2.19. The van der Waals surface area contributed by atoms with Gasteiger partial charge in [0.05, 0.1) is 0 Å². The first-order chi connectivity index (χ1) is 14.3. The zero-order valence-electron chi connectivity index (χ0n) is 16.6. The maximum atomic E-state index is 13.1. The van der Waals surface area contributed by atoms with E-state index in [2.05, 4.69) is 44.0 Å². The van der Waals surface area contributed by atoms with Crippen molar-refractivity contribution in [3.63, 3.8) is 0 Å². The lowest BCUT2D eigenvalue weighted by molar-refractivity contribution is 0.0983. The van der Waals surface area contributed by atoms with Gasteiger partial charge in [-0.2, -0.15) is 0 Å². The van der Waals surface area contributed by atoms with E-state index in [0.29, 0.717) is 18.2 Å². The van der Waals surface area contributed by atoms with E-state index in [-0.39, 0.29) is 5.91 Å². The number of piperazine rings is 1. The van der Waals surface area contributed by atoms with Crippen LogP contribution in [0.5, 0.6) is 0 Å². The van der Waals surface area contributed by atoms with E-state index in [9.17, 15) is 4.79 Å². The van der Waals surface area contributed by atoms with Gasteiger partial charge in [0.15, 0.2) is 0 Å². The van der Waals surface area contributed by atoms with Crippen molar-refractivity contribution in [2.75, 3.05) is 47.4 Å². The van der Waals surface area contributed by atoms with E-state index >= 15 is 0 Å². The van der Waals surface area contributed by atoms with Gasteiger partial charge in [0.2, 0.25) is 5.95 Å². The van der Waals surface area contributed by atoms with Crippen molar-refractivity contribution in [3.05, 3.63) is 78.6 Å². The van der Waals surface area contributed by atoms with Gasteiger partial charge in [-0.15, -0.1) is 0 Å². The number of rotatable bonds is 5. The molecule has 1 aromatic heterocycles. The number of anilines is 3. The van der Waals surface area contributed by atoms with Gasteiger partial charge in [0, 0.05) is 50.3 Å². The van der Waals surface area contributed by atoms with Crippen molar-refractivity contribution in [1.82, 2.24) is 9.97 Å². The molecule has 148 valence electrons. The summed E-state index contributed by atoms with van der Waals surface area (Å²) in [6.07, 6.45) is 1.68. The maximum Gasteiger partial charge on any atom is 0.277 e. The van der Waals surface area contributed by atoms with E-state index in [1.54, 1.807) is 17.2 Å². The molecule has 1 saturated heterocycles. The fourth-order valence-corrected chi connectivity index (χ4v) is 3.61. The Bertz CT molecular complexity index is 940. The van der Waals surface area contributed by atoms with Gasteiger partial charge >= 0.3 is 0 Å². The SMILES string of the molecule is CCN(C(=O)c1ccnc(N2CCN(c3ccccc3)CC2)n1)c1ccccc1. The summed E-state index contributed by atoms with van der Waals surface area (Å²) in [6, 6.07) is 21.8. The summed E-state index contributed by atoms with van der Waals surface area (Å²) in [5.74, 6) is 0.512. The Labute approximate surface area is 171 Å². The van der Waals surface area contributed by atoms with Crippen LogP contribution in [-0.2, 0) is 0 Å². The van der Waals surface area contributed by atoms with Gasteiger partial charge in [0.1, 0.15) is 5.69 Å². The molecular formula is C23H25N5O. The number of aromatic nitrogens is 2. The second kappa shape index (κ2) is 8.73. The minimum atomic E-state index is -0.106. The summed E-state index contributed by atoms with van der Waals surface area (Å²) in [5.41, 5.74) is 2.53. The summed E-state index contributed by atoms with van der Waals surface area (Å²) in [6.45, 7) is 5.99. The predicted molar refractivity (Wildman–Crippen MR) is 117 cm³/mol. The second-order valence-corrected chi connectivity index (χ2v) is 6.94. The molecule has 3 aromatic rings. The van der Waals surface area contributed by atoms with Crippen LogP contribution in [0.15, 0.2) is 72.9 Å². The number of hydrogen-bond donors (Lipinski definition) is 0. The molecule has 0 unspecified atom stereocenters. The van der Waals surface area contributed by atoms with Crippen molar-refractivity contribution < 1.29 is 4.79 Å². The van der Waals surface area contributed by atoms with Crippen molar-refractivity contribution in [2.45, 2.75) is 6.92 Å². The van der Waals surface area contributed by atoms with E-state index < -0.39 is 0 Å². The maximum absolute atomic E-state index is 13.1. The largest absolute Gasteiger partial charge is 0.368 e. The molecule has 1 aliphatic rings. The molecule has 1 fully saturated rings. The summed E-state index contributed by atoms with van der Waals surface area (Å²) in [5, 5.41) is 0. The first-order valence-corrected chi connectivity index (χ1v) is 10.0. The summed E-state index contributed by atoms with van der Waals surface area (Å²) < 4.78 is 0. The fraction of sp³-hybridized carbons (Fsp3) is 0.261. The number of carbonyl (C=O) groups excluding carboxylic acids is 1. The molecule has 29 heavy (non-hydrogen) atoms. The Morgan fingerprint density at radius 3 is 2.17 bits per heavy atom. The highest BCUT2D eigenvalue weighted by molar-refractivity contribution is 6.04. The first kappa shape index (κ1) is 18.9. The van der Waals surface area contributed by atoms with Gasteiger partial charge < -0.3 is 14.7 Å². The molecule has 0 saturated carbocycles. The summed E-state index contributed by atoms with van der Waals surface area (Å²) >= 11 is 0. The molecule has 6 nitrogen and oxygen atoms in total. The molecule has 1 amide bonds. The van der Waals surface area contributed by atoms with Crippen LogP contribution >= 0.6 is 0 Å². The Kier molecular flexibility index (Phi) is 5.70. The lowest BCUT2D eigenvalue weighted by atomic mass is 10.2. The van der Waals surface area contributed by atoms with Gasteiger partial charge in [-0.25, -0.2) is 9.97 Å². The number of para-hydroxylation sites is 2. The van der Waals surface area contributed by atoms with Crippen LogP contribution in [0, 0.1) is 0 Å². The van der Waals surface area contributed by atoms with Gasteiger partial charge in [-0.1, -0.05) is 36.4 Å². The number of hydrogen-bond acceptors (Lipinski definition) is 5. The normalized spacial score (nSPS) is 14.0. The first-order valence-electron chi connectivity index (χ1n) is 10.0. The van der Waals surface area contributed by atoms with Crippen LogP contribution in [0.2, 0.25) is 0 Å². The molecule has 0 atom stereocenters. The zero-order chi connectivity index (χ0) is 20.1. The molecule has 0 bridgehead atoms. The number of nitrogens with zero attached hydrogens (tertiary/aromatic N) is 5. The average Bonchev–Trinajstić information content (AvgIpc) is 2.81. The number of amides is 1. The third kappa shape index (κ3) is 4.21. The number of carbonyl (C=O) groups is 1. The van der Waals surface area contributed by atoms with Crippen LogP contribution in [0.1, 0.15) is 17.4 Å².